The molecule has 94 valence electrons. The zero-order valence-corrected chi connectivity index (χ0v) is 10.8. The summed E-state index contributed by atoms with van der Waals surface area (Å²) >= 11 is 0. The molecule has 0 bridgehead atoms. The standard InChI is InChI=1S/C11H24N4O/c1-9-8-15(6-5-13(2)3)10(7-12)11(16)14(9)4/h9-10H,5-8,12H2,1-4H3. The zero-order chi connectivity index (χ0) is 12.3. The first-order valence-electron chi connectivity index (χ1n) is 5.83. The Bertz CT molecular complexity index is 244. The number of rotatable bonds is 4. The van der Waals surface area contributed by atoms with Gasteiger partial charge in [-0.25, -0.2) is 0 Å². The maximum Gasteiger partial charge on any atom is 0.241 e. The molecular formula is C11H24N4O. The van der Waals surface area contributed by atoms with E-state index in [1.807, 2.05) is 26.0 Å². The van der Waals surface area contributed by atoms with Crippen LogP contribution in [0.25, 0.3) is 0 Å². The predicted octanol–water partition coefficient (Wildman–Crippen LogP) is -0.962. The summed E-state index contributed by atoms with van der Waals surface area (Å²) in [5.41, 5.74) is 5.70. The van der Waals surface area contributed by atoms with Gasteiger partial charge in [-0.2, -0.15) is 0 Å². The molecule has 0 aromatic carbocycles. The second kappa shape index (κ2) is 5.61. The molecule has 0 aromatic heterocycles. The second-order valence-electron chi connectivity index (χ2n) is 4.85. The summed E-state index contributed by atoms with van der Waals surface area (Å²) in [7, 11) is 5.94. The Labute approximate surface area is 98.2 Å². The van der Waals surface area contributed by atoms with Gasteiger partial charge >= 0.3 is 0 Å². The van der Waals surface area contributed by atoms with E-state index < -0.39 is 0 Å². The Balaban J connectivity index is 2.63. The third-order valence-corrected chi connectivity index (χ3v) is 3.29. The first-order chi connectivity index (χ1) is 7.47. The van der Waals surface area contributed by atoms with Crippen molar-refractivity contribution in [3.8, 4) is 0 Å². The molecule has 0 saturated carbocycles. The lowest BCUT2D eigenvalue weighted by molar-refractivity contribution is -0.143. The highest BCUT2D eigenvalue weighted by molar-refractivity contribution is 5.83. The van der Waals surface area contributed by atoms with Gasteiger partial charge in [-0.15, -0.1) is 0 Å². The first kappa shape index (κ1) is 13.4. The molecule has 1 heterocycles. The molecule has 1 rings (SSSR count). The summed E-state index contributed by atoms with van der Waals surface area (Å²) in [4.78, 5) is 18.1. The fraction of sp³-hybridized carbons (Fsp3) is 0.909. The maximum atomic E-state index is 12.0. The average Bonchev–Trinajstić information content (AvgIpc) is 2.23. The monoisotopic (exact) mass is 228 g/mol. The number of amides is 1. The van der Waals surface area contributed by atoms with Crippen molar-refractivity contribution in [3.05, 3.63) is 0 Å². The lowest BCUT2D eigenvalue weighted by Crippen LogP contribution is -2.62. The minimum Gasteiger partial charge on any atom is -0.340 e. The fourth-order valence-corrected chi connectivity index (χ4v) is 2.02. The van der Waals surface area contributed by atoms with Crippen LogP contribution >= 0.6 is 0 Å². The predicted molar refractivity (Wildman–Crippen MR) is 65.2 cm³/mol. The molecule has 0 radical (unpaired) electrons. The number of nitrogens with zero attached hydrogens (tertiary/aromatic N) is 3. The highest BCUT2D eigenvalue weighted by Gasteiger charge is 2.35. The van der Waals surface area contributed by atoms with E-state index in [0.717, 1.165) is 19.6 Å². The third-order valence-electron chi connectivity index (χ3n) is 3.29. The average molecular weight is 228 g/mol. The summed E-state index contributed by atoms with van der Waals surface area (Å²) in [5, 5.41) is 0. The number of carbonyl (C=O) groups excluding carboxylic acids is 1. The maximum absolute atomic E-state index is 12.0. The van der Waals surface area contributed by atoms with Crippen molar-refractivity contribution < 1.29 is 4.79 Å². The quantitative estimate of drug-likeness (QED) is 0.673. The topological polar surface area (TPSA) is 52.8 Å². The van der Waals surface area contributed by atoms with Crippen LogP contribution in [0.15, 0.2) is 0 Å². The van der Waals surface area contributed by atoms with E-state index in [1.54, 1.807) is 0 Å². The summed E-state index contributed by atoms with van der Waals surface area (Å²) < 4.78 is 0. The van der Waals surface area contributed by atoms with Crippen LogP contribution in [0.5, 0.6) is 0 Å². The van der Waals surface area contributed by atoms with Crippen molar-refractivity contribution >= 4 is 5.91 Å². The van der Waals surface area contributed by atoms with Crippen LogP contribution in [-0.4, -0.2) is 80.0 Å². The number of nitrogens with two attached hydrogens (primary N) is 1. The van der Waals surface area contributed by atoms with E-state index >= 15 is 0 Å². The van der Waals surface area contributed by atoms with Gasteiger partial charge in [0.05, 0.1) is 0 Å². The van der Waals surface area contributed by atoms with E-state index in [0.29, 0.717) is 6.54 Å². The molecular weight excluding hydrogens is 204 g/mol. The van der Waals surface area contributed by atoms with Crippen molar-refractivity contribution in [1.29, 1.82) is 0 Å². The lowest BCUT2D eigenvalue weighted by Gasteiger charge is -2.43. The van der Waals surface area contributed by atoms with Crippen LogP contribution in [0.3, 0.4) is 0 Å². The molecule has 5 heteroatoms. The summed E-state index contributed by atoms with van der Waals surface area (Å²) in [6, 6.07) is 0.138. The fourth-order valence-electron chi connectivity index (χ4n) is 2.02. The molecule has 1 fully saturated rings. The number of piperazine rings is 1. The molecule has 2 unspecified atom stereocenters. The summed E-state index contributed by atoms with van der Waals surface area (Å²) in [6.45, 7) is 5.26. The smallest absolute Gasteiger partial charge is 0.241 e. The molecule has 2 atom stereocenters. The van der Waals surface area contributed by atoms with Crippen molar-refractivity contribution in [1.82, 2.24) is 14.7 Å². The van der Waals surface area contributed by atoms with Crippen LogP contribution in [0.4, 0.5) is 0 Å². The van der Waals surface area contributed by atoms with Crippen molar-refractivity contribution in [2.75, 3.05) is 47.3 Å². The summed E-state index contributed by atoms with van der Waals surface area (Å²) in [5.74, 6) is 0.153. The zero-order valence-electron chi connectivity index (χ0n) is 10.8. The van der Waals surface area contributed by atoms with Crippen LogP contribution in [0, 0.1) is 0 Å². The van der Waals surface area contributed by atoms with Crippen LogP contribution < -0.4 is 5.73 Å². The number of carbonyl (C=O) groups is 1. The van der Waals surface area contributed by atoms with Crippen molar-refractivity contribution in [2.45, 2.75) is 19.0 Å². The SMILES string of the molecule is CC1CN(CCN(C)C)C(CN)C(=O)N1C. The van der Waals surface area contributed by atoms with Gasteiger partial charge < -0.3 is 15.5 Å². The lowest BCUT2D eigenvalue weighted by atomic mass is 10.1. The third kappa shape index (κ3) is 2.93. The molecule has 0 aromatic rings. The Morgan fingerprint density at radius 3 is 2.62 bits per heavy atom. The highest BCUT2D eigenvalue weighted by Crippen LogP contribution is 2.14. The molecule has 1 aliphatic rings. The first-order valence-corrected chi connectivity index (χ1v) is 5.83. The molecule has 1 saturated heterocycles. The Morgan fingerprint density at radius 2 is 2.12 bits per heavy atom. The van der Waals surface area contributed by atoms with Gasteiger partial charge in [0.25, 0.3) is 0 Å². The van der Waals surface area contributed by atoms with Crippen LogP contribution in [0.2, 0.25) is 0 Å². The minimum absolute atomic E-state index is 0.138. The molecule has 16 heavy (non-hydrogen) atoms. The van der Waals surface area contributed by atoms with Gasteiger partial charge in [0.15, 0.2) is 0 Å². The molecule has 2 N–H and O–H groups in total. The molecule has 0 aliphatic carbocycles. The van der Waals surface area contributed by atoms with E-state index in [4.69, 9.17) is 5.73 Å². The van der Waals surface area contributed by atoms with E-state index in [2.05, 4.69) is 16.7 Å². The number of likely N-dealkylation sites (N-methyl/N-ethyl adjacent to an activating group) is 2. The van der Waals surface area contributed by atoms with Crippen molar-refractivity contribution in [3.63, 3.8) is 0 Å². The van der Waals surface area contributed by atoms with Gasteiger partial charge in [0.2, 0.25) is 5.91 Å². The number of hydrogen-bond donors (Lipinski definition) is 1. The highest BCUT2D eigenvalue weighted by atomic mass is 16.2. The normalized spacial score (nSPS) is 27.9. The van der Waals surface area contributed by atoms with Crippen LogP contribution in [-0.2, 0) is 4.79 Å². The Hall–Kier alpha value is -0.650. The van der Waals surface area contributed by atoms with Gasteiger partial charge in [0.1, 0.15) is 6.04 Å². The van der Waals surface area contributed by atoms with E-state index in [-0.39, 0.29) is 18.0 Å². The minimum atomic E-state index is -0.138. The largest absolute Gasteiger partial charge is 0.340 e. The molecule has 1 amide bonds. The number of hydrogen-bond acceptors (Lipinski definition) is 4. The second-order valence-corrected chi connectivity index (χ2v) is 4.85. The van der Waals surface area contributed by atoms with Gasteiger partial charge in [-0.1, -0.05) is 0 Å². The van der Waals surface area contributed by atoms with E-state index in [1.165, 1.54) is 0 Å². The molecule has 1 aliphatic heterocycles. The van der Waals surface area contributed by atoms with Crippen molar-refractivity contribution in [2.24, 2.45) is 5.73 Å². The molecule has 5 nitrogen and oxygen atoms in total. The van der Waals surface area contributed by atoms with Gasteiger partial charge in [0, 0.05) is 39.3 Å². The van der Waals surface area contributed by atoms with E-state index in [9.17, 15) is 4.79 Å². The Kier molecular flexibility index (Phi) is 4.70. The Morgan fingerprint density at radius 1 is 1.50 bits per heavy atom. The summed E-state index contributed by atoms with van der Waals surface area (Å²) in [6.07, 6.45) is 0. The van der Waals surface area contributed by atoms with Gasteiger partial charge in [-0.3, -0.25) is 9.69 Å². The van der Waals surface area contributed by atoms with Gasteiger partial charge in [-0.05, 0) is 21.0 Å². The van der Waals surface area contributed by atoms with Crippen LogP contribution in [0.1, 0.15) is 6.92 Å². The molecule has 0 spiro atoms.